The first kappa shape index (κ1) is 15.8. The molecule has 106 valence electrons. The van der Waals surface area contributed by atoms with Crippen LogP contribution in [0.3, 0.4) is 0 Å². The minimum Gasteiger partial charge on any atom is -0.493 e. The van der Waals surface area contributed by atoms with E-state index in [0.717, 1.165) is 11.3 Å². The second kappa shape index (κ2) is 7.34. The van der Waals surface area contributed by atoms with E-state index in [9.17, 15) is 4.79 Å². The Balaban J connectivity index is 2.83. The zero-order valence-electron chi connectivity index (χ0n) is 12.4. The molecule has 0 unspecified atom stereocenters. The molecule has 4 nitrogen and oxygen atoms in total. The lowest BCUT2D eigenvalue weighted by atomic mass is 10.1. The average Bonchev–Trinajstić information content (AvgIpc) is 2.42. The predicted octanol–water partition coefficient (Wildman–Crippen LogP) is 2.72. The van der Waals surface area contributed by atoms with Crippen LogP contribution in [-0.2, 0) is 4.79 Å². The molecule has 4 heteroatoms. The Morgan fingerprint density at radius 1 is 1.35 bits per heavy atom. The summed E-state index contributed by atoms with van der Waals surface area (Å²) in [7, 11) is 3.24. The molecule has 0 saturated carbocycles. The average molecular weight is 272 g/mol. The molecule has 0 radical (unpaired) electrons. The number of hydrogen-bond acceptors (Lipinski definition) is 3. The Morgan fingerprint density at radius 2 is 1.95 bits per heavy atom. The van der Waals surface area contributed by atoms with Crippen molar-refractivity contribution < 1.29 is 9.53 Å². The Hall–Kier alpha value is -2.28. The van der Waals surface area contributed by atoms with Gasteiger partial charge in [0, 0.05) is 14.1 Å². The van der Waals surface area contributed by atoms with Gasteiger partial charge in [-0.3, -0.25) is 4.79 Å². The molecular weight excluding hydrogens is 252 g/mol. The molecule has 1 amide bonds. The number of carbonyl (C=O) groups is 1. The van der Waals surface area contributed by atoms with Gasteiger partial charge in [0.15, 0.2) is 0 Å². The zero-order valence-corrected chi connectivity index (χ0v) is 12.4. The summed E-state index contributed by atoms with van der Waals surface area (Å²) in [6.45, 7) is 4.84. The maximum absolute atomic E-state index is 11.7. The van der Waals surface area contributed by atoms with E-state index in [1.54, 1.807) is 20.2 Å². The van der Waals surface area contributed by atoms with Gasteiger partial charge in [-0.2, -0.15) is 5.26 Å². The van der Waals surface area contributed by atoms with Crippen LogP contribution in [0, 0.1) is 17.2 Å². The monoisotopic (exact) mass is 272 g/mol. The van der Waals surface area contributed by atoms with Crippen LogP contribution >= 0.6 is 0 Å². The van der Waals surface area contributed by atoms with Crippen LogP contribution in [0.15, 0.2) is 29.8 Å². The standard InChI is InChI=1S/C16H20N2O2/c1-12(2)11-20-15-7-5-13(6-8-15)9-14(10-17)16(19)18(3)4/h5-9,12H,11H2,1-4H3/b14-9-. The van der Waals surface area contributed by atoms with Crippen molar-refractivity contribution in [3.63, 3.8) is 0 Å². The van der Waals surface area contributed by atoms with Gasteiger partial charge in [-0.15, -0.1) is 0 Å². The summed E-state index contributed by atoms with van der Waals surface area (Å²) in [5.74, 6) is 0.957. The van der Waals surface area contributed by atoms with Crippen molar-refractivity contribution in [2.75, 3.05) is 20.7 Å². The van der Waals surface area contributed by atoms with Crippen LogP contribution in [0.2, 0.25) is 0 Å². The summed E-state index contributed by atoms with van der Waals surface area (Å²) < 4.78 is 5.58. The third kappa shape index (κ3) is 4.77. The summed E-state index contributed by atoms with van der Waals surface area (Å²) >= 11 is 0. The van der Waals surface area contributed by atoms with Crippen LogP contribution in [-0.4, -0.2) is 31.5 Å². The summed E-state index contributed by atoms with van der Waals surface area (Å²) in [6, 6.07) is 9.26. The number of rotatable bonds is 5. The van der Waals surface area contributed by atoms with Crippen LogP contribution < -0.4 is 4.74 Å². The van der Waals surface area contributed by atoms with E-state index in [0.29, 0.717) is 12.5 Å². The second-order valence-corrected chi connectivity index (χ2v) is 5.14. The highest BCUT2D eigenvalue weighted by molar-refractivity contribution is 6.01. The van der Waals surface area contributed by atoms with E-state index in [1.165, 1.54) is 4.90 Å². The molecule has 0 spiro atoms. The third-order valence-electron chi connectivity index (χ3n) is 2.53. The molecule has 0 heterocycles. The molecule has 20 heavy (non-hydrogen) atoms. The fourth-order valence-electron chi connectivity index (χ4n) is 1.47. The summed E-state index contributed by atoms with van der Waals surface area (Å²) in [4.78, 5) is 13.1. The SMILES string of the molecule is CC(C)COc1ccc(/C=C(/C#N)C(=O)N(C)C)cc1. The van der Waals surface area contributed by atoms with Crippen molar-refractivity contribution in [1.82, 2.24) is 4.90 Å². The van der Waals surface area contributed by atoms with Gasteiger partial charge in [-0.05, 0) is 29.7 Å². The maximum atomic E-state index is 11.7. The Kier molecular flexibility index (Phi) is 5.79. The number of ether oxygens (including phenoxy) is 1. The van der Waals surface area contributed by atoms with Crippen molar-refractivity contribution >= 4 is 12.0 Å². The molecule has 0 aliphatic rings. The first-order valence-electron chi connectivity index (χ1n) is 6.50. The van der Waals surface area contributed by atoms with Crippen LogP contribution in [0.5, 0.6) is 5.75 Å². The lowest BCUT2D eigenvalue weighted by Gasteiger charge is -2.09. The van der Waals surface area contributed by atoms with Gasteiger partial charge < -0.3 is 9.64 Å². The first-order valence-corrected chi connectivity index (χ1v) is 6.50. The summed E-state index contributed by atoms with van der Waals surface area (Å²) in [5, 5.41) is 9.02. The summed E-state index contributed by atoms with van der Waals surface area (Å²) in [6.07, 6.45) is 1.58. The number of benzene rings is 1. The molecule has 1 aromatic carbocycles. The van der Waals surface area contributed by atoms with E-state index >= 15 is 0 Å². The smallest absolute Gasteiger partial charge is 0.264 e. The van der Waals surface area contributed by atoms with E-state index < -0.39 is 0 Å². The van der Waals surface area contributed by atoms with E-state index in [2.05, 4.69) is 13.8 Å². The molecule has 0 aliphatic heterocycles. The van der Waals surface area contributed by atoms with Crippen molar-refractivity contribution in [2.24, 2.45) is 5.92 Å². The minimum absolute atomic E-state index is 0.117. The highest BCUT2D eigenvalue weighted by Crippen LogP contribution is 2.15. The molecule has 0 N–H and O–H groups in total. The summed E-state index contributed by atoms with van der Waals surface area (Å²) in [5.41, 5.74) is 0.916. The Morgan fingerprint density at radius 3 is 2.40 bits per heavy atom. The van der Waals surface area contributed by atoms with Gasteiger partial charge in [0.05, 0.1) is 6.61 Å². The van der Waals surface area contributed by atoms with Gasteiger partial charge >= 0.3 is 0 Å². The zero-order chi connectivity index (χ0) is 15.1. The molecule has 0 saturated heterocycles. The van der Waals surface area contributed by atoms with Crippen LogP contribution in [0.25, 0.3) is 6.08 Å². The van der Waals surface area contributed by atoms with Crippen molar-refractivity contribution in [3.8, 4) is 11.8 Å². The first-order chi connectivity index (χ1) is 9.43. The highest BCUT2D eigenvalue weighted by atomic mass is 16.5. The Bertz CT molecular complexity index is 522. The van der Waals surface area contributed by atoms with Crippen molar-refractivity contribution in [2.45, 2.75) is 13.8 Å². The quantitative estimate of drug-likeness (QED) is 0.611. The molecule has 0 atom stereocenters. The number of nitriles is 1. The van der Waals surface area contributed by atoms with E-state index in [-0.39, 0.29) is 11.5 Å². The largest absolute Gasteiger partial charge is 0.493 e. The highest BCUT2D eigenvalue weighted by Gasteiger charge is 2.10. The number of likely N-dealkylation sites (N-methyl/N-ethyl adjacent to an activating group) is 1. The van der Waals surface area contributed by atoms with Gasteiger partial charge in [0.1, 0.15) is 17.4 Å². The fraction of sp³-hybridized carbons (Fsp3) is 0.375. The predicted molar refractivity (Wildman–Crippen MR) is 79.1 cm³/mol. The van der Waals surface area contributed by atoms with Gasteiger partial charge in [-0.1, -0.05) is 26.0 Å². The second-order valence-electron chi connectivity index (χ2n) is 5.14. The van der Waals surface area contributed by atoms with Crippen molar-refractivity contribution in [1.29, 1.82) is 5.26 Å². The number of carbonyl (C=O) groups excluding carboxylic acids is 1. The molecule has 0 bridgehead atoms. The molecule has 0 aliphatic carbocycles. The van der Waals surface area contributed by atoms with Gasteiger partial charge in [0.25, 0.3) is 5.91 Å². The van der Waals surface area contributed by atoms with Crippen LogP contribution in [0.1, 0.15) is 19.4 Å². The van der Waals surface area contributed by atoms with Gasteiger partial charge in [0.2, 0.25) is 0 Å². The van der Waals surface area contributed by atoms with E-state index in [4.69, 9.17) is 10.00 Å². The molecule has 0 fully saturated rings. The fourth-order valence-corrected chi connectivity index (χ4v) is 1.47. The molecular formula is C16H20N2O2. The van der Waals surface area contributed by atoms with E-state index in [1.807, 2.05) is 30.3 Å². The molecule has 1 rings (SSSR count). The normalized spacial score (nSPS) is 11.1. The lowest BCUT2D eigenvalue weighted by Crippen LogP contribution is -2.22. The topological polar surface area (TPSA) is 53.3 Å². The lowest BCUT2D eigenvalue weighted by molar-refractivity contribution is -0.124. The van der Waals surface area contributed by atoms with Gasteiger partial charge in [-0.25, -0.2) is 0 Å². The third-order valence-corrected chi connectivity index (χ3v) is 2.53. The van der Waals surface area contributed by atoms with Crippen LogP contribution in [0.4, 0.5) is 0 Å². The number of hydrogen-bond donors (Lipinski definition) is 0. The number of amides is 1. The number of nitrogens with zero attached hydrogens (tertiary/aromatic N) is 2. The Labute approximate surface area is 120 Å². The molecule has 1 aromatic rings. The molecule has 0 aromatic heterocycles. The van der Waals surface area contributed by atoms with Crippen molar-refractivity contribution in [3.05, 3.63) is 35.4 Å². The minimum atomic E-state index is -0.298. The maximum Gasteiger partial charge on any atom is 0.264 e.